The Hall–Kier alpha value is -1.81. The van der Waals surface area contributed by atoms with Crippen molar-refractivity contribution < 1.29 is 4.79 Å². The number of hydrogen-bond donors (Lipinski definition) is 2. The van der Waals surface area contributed by atoms with Gasteiger partial charge in [-0.25, -0.2) is 0 Å². The molecule has 18 heavy (non-hydrogen) atoms. The SMILES string of the molecule is NC(N)=NCCCC(=O)C=Cc1ccccc1Cl. The van der Waals surface area contributed by atoms with Gasteiger partial charge in [0.15, 0.2) is 11.7 Å². The van der Waals surface area contributed by atoms with Crippen LogP contribution in [-0.2, 0) is 4.79 Å². The predicted molar refractivity (Wildman–Crippen MR) is 75.4 cm³/mol. The molecule has 1 aromatic rings. The summed E-state index contributed by atoms with van der Waals surface area (Å²) in [7, 11) is 0. The van der Waals surface area contributed by atoms with Gasteiger partial charge >= 0.3 is 0 Å². The molecule has 1 rings (SSSR count). The van der Waals surface area contributed by atoms with Crippen LogP contribution < -0.4 is 11.5 Å². The molecule has 5 heteroatoms. The molecule has 0 unspecified atom stereocenters. The molecule has 0 bridgehead atoms. The van der Waals surface area contributed by atoms with Crippen molar-refractivity contribution in [2.75, 3.05) is 6.54 Å². The van der Waals surface area contributed by atoms with Crippen molar-refractivity contribution in [3.8, 4) is 0 Å². The fourth-order valence-electron chi connectivity index (χ4n) is 1.34. The molecule has 0 aliphatic carbocycles. The Balaban J connectivity index is 2.41. The summed E-state index contributed by atoms with van der Waals surface area (Å²) < 4.78 is 0. The minimum Gasteiger partial charge on any atom is -0.370 e. The third kappa shape index (κ3) is 5.50. The van der Waals surface area contributed by atoms with Crippen molar-refractivity contribution in [3.63, 3.8) is 0 Å². The second-order valence-electron chi connectivity index (χ2n) is 3.73. The molecule has 0 heterocycles. The number of rotatable bonds is 6. The van der Waals surface area contributed by atoms with Crippen molar-refractivity contribution in [3.05, 3.63) is 40.9 Å². The van der Waals surface area contributed by atoms with E-state index >= 15 is 0 Å². The molecule has 0 aliphatic rings. The zero-order valence-electron chi connectivity index (χ0n) is 9.97. The Labute approximate surface area is 111 Å². The average molecular weight is 266 g/mol. The first-order chi connectivity index (χ1) is 8.59. The van der Waals surface area contributed by atoms with E-state index in [0.717, 1.165) is 5.56 Å². The summed E-state index contributed by atoms with van der Waals surface area (Å²) in [5.74, 6) is 0.0785. The van der Waals surface area contributed by atoms with E-state index in [1.165, 1.54) is 6.08 Å². The van der Waals surface area contributed by atoms with E-state index in [1.54, 1.807) is 12.1 Å². The number of guanidine groups is 1. The third-order valence-corrected chi connectivity index (χ3v) is 2.57. The number of benzene rings is 1. The smallest absolute Gasteiger partial charge is 0.185 e. The molecule has 0 saturated heterocycles. The maximum atomic E-state index is 11.5. The number of carbonyl (C=O) groups excluding carboxylic acids is 1. The van der Waals surface area contributed by atoms with Crippen molar-refractivity contribution >= 4 is 29.4 Å². The number of aliphatic imine (C=N–C) groups is 1. The topological polar surface area (TPSA) is 81.5 Å². The molecule has 0 spiro atoms. The van der Waals surface area contributed by atoms with E-state index in [9.17, 15) is 4.79 Å². The summed E-state index contributed by atoms with van der Waals surface area (Å²) in [4.78, 5) is 15.3. The van der Waals surface area contributed by atoms with Gasteiger partial charge in [-0.3, -0.25) is 9.79 Å². The molecule has 0 saturated carbocycles. The van der Waals surface area contributed by atoms with Crippen molar-refractivity contribution in [1.29, 1.82) is 0 Å². The van der Waals surface area contributed by atoms with Crippen LogP contribution in [-0.4, -0.2) is 18.3 Å². The highest BCUT2D eigenvalue weighted by Crippen LogP contribution is 2.16. The Morgan fingerprint density at radius 2 is 2.06 bits per heavy atom. The molecular weight excluding hydrogens is 250 g/mol. The summed E-state index contributed by atoms with van der Waals surface area (Å²) >= 11 is 5.96. The predicted octanol–water partition coefficient (Wildman–Crippen LogP) is 1.98. The van der Waals surface area contributed by atoms with Crippen LogP contribution in [0.2, 0.25) is 5.02 Å². The van der Waals surface area contributed by atoms with Crippen LogP contribution in [0.4, 0.5) is 0 Å². The highest BCUT2D eigenvalue weighted by molar-refractivity contribution is 6.32. The maximum absolute atomic E-state index is 11.5. The summed E-state index contributed by atoms with van der Waals surface area (Å²) in [6.07, 6.45) is 4.28. The molecule has 0 atom stereocenters. The normalized spacial score (nSPS) is 10.5. The molecule has 1 aromatic carbocycles. The largest absolute Gasteiger partial charge is 0.370 e. The molecule has 0 amide bonds. The molecule has 4 N–H and O–H groups in total. The monoisotopic (exact) mass is 265 g/mol. The van der Waals surface area contributed by atoms with Gasteiger partial charge in [0.1, 0.15) is 0 Å². The van der Waals surface area contributed by atoms with Crippen molar-refractivity contribution in [2.24, 2.45) is 16.5 Å². The van der Waals surface area contributed by atoms with E-state index in [-0.39, 0.29) is 11.7 Å². The summed E-state index contributed by atoms with van der Waals surface area (Å²) in [6, 6.07) is 7.35. The van der Waals surface area contributed by atoms with Crippen LogP contribution in [0.1, 0.15) is 18.4 Å². The third-order valence-electron chi connectivity index (χ3n) is 2.23. The van der Waals surface area contributed by atoms with E-state index < -0.39 is 0 Å². The van der Waals surface area contributed by atoms with Crippen LogP contribution in [0.3, 0.4) is 0 Å². The first kappa shape index (κ1) is 14.3. The summed E-state index contributed by atoms with van der Waals surface area (Å²) in [5.41, 5.74) is 11.2. The van der Waals surface area contributed by atoms with E-state index in [2.05, 4.69) is 4.99 Å². The number of carbonyl (C=O) groups is 1. The van der Waals surface area contributed by atoms with Gasteiger partial charge in [-0.2, -0.15) is 0 Å². The number of allylic oxidation sites excluding steroid dienone is 1. The van der Waals surface area contributed by atoms with Crippen LogP contribution in [0.25, 0.3) is 6.08 Å². The number of ketones is 1. The molecule has 0 aromatic heterocycles. The van der Waals surface area contributed by atoms with Gasteiger partial charge in [-0.1, -0.05) is 29.8 Å². The lowest BCUT2D eigenvalue weighted by Crippen LogP contribution is -2.23. The fraction of sp³-hybridized carbons (Fsp3) is 0.231. The zero-order valence-corrected chi connectivity index (χ0v) is 10.7. The lowest BCUT2D eigenvalue weighted by molar-refractivity contribution is -0.114. The highest BCUT2D eigenvalue weighted by Gasteiger charge is 1.98. The highest BCUT2D eigenvalue weighted by atomic mass is 35.5. The Morgan fingerprint density at radius 3 is 2.72 bits per heavy atom. The second kappa shape index (κ2) is 7.50. The Kier molecular flexibility index (Phi) is 5.94. The van der Waals surface area contributed by atoms with Crippen molar-refractivity contribution in [2.45, 2.75) is 12.8 Å². The molecule has 4 nitrogen and oxygen atoms in total. The van der Waals surface area contributed by atoms with Gasteiger partial charge in [-0.15, -0.1) is 0 Å². The summed E-state index contributed by atoms with van der Waals surface area (Å²) in [5, 5.41) is 0.627. The lowest BCUT2D eigenvalue weighted by Gasteiger charge is -1.97. The van der Waals surface area contributed by atoms with Crippen molar-refractivity contribution in [1.82, 2.24) is 0 Å². The van der Waals surface area contributed by atoms with Gasteiger partial charge in [0.25, 0.3) is 0 Å². The second-order valence-corrected chi connectivity index (χ2v) is 4.14. The molecule has 96 valence electrons. The van der Waals surface area contributed by atoms with Crippen LogP contribution >= 0.6 is 11.6 Å². The van der Waals surface area contributed by atoms with E-state index in [0.29, 0.717) is 24.4 Å². The van der Waals surface area contributed by atoms with Gasteiger partial charge in [-0.05, 0) is 30.2 Å². The number of nitrogens with zero attached hydrogens (tertiary/aromatic N) is 1. The summed E-state index contributed by atoms with van der Waals surface area (Å²) in [6.45, 7) is 0.466. The van der Waals surface area contributed by atoms with Gasteiger partial charge in [0.05, 0.1) is 0 Å². The molecular formula is C13H16ClN3O. The van der Waals surface area contributed by atoms with Crippen LogP contribution in [0.15, 0.2) is 35.3 Å². The number of halogens is 1. The quantitative estimate of drug-likeness (QED) is 0.357. The van der Waals surface area contributed by atoms with Gasteiger partial charge < -0.3 is 11.5 Å². The molecule has 0 radical (unpaired) electrons. The first-order valence-corrected chi connectivity index (χ1v) is 5.98. The Bertz CT molecular complexity index is 465. The number of nitrogens with two attached hydrogens (primary N) is 2. The standard InChI is InChI=1S/C13H16ClN3O/c14-12-6-2-1-4-10(12)7-8-11(18)5-3-9-17-13(15)16/h1-2,4,6-8H,3,5,9H2,(H4,15,16,17). The lowest BCUT2D eigenvalue weighted by atomic mass is 10.1. The molecule has 0 aliphatic heterocycles. The fourth-order valence-corrected chi connectivity index (χ4v) is 1.54. The maximum Gasteiger partial charge on any atom is 0.185 e. The van der Waals surface area contributed by atoms with Gasteiger partial charge in [0, 0.05) is 18.0 Å². The van der Waals surface area contributed by atoms with E-state index in [4.69, 9.17) is 23.1 Å². The Morgan fingerprint density at radius 1 is 1.33 bits per heavy atom. The van der Waals surface area contributed by atoms with Gasteiger partial charge in [0.2, 0.25) is 0 Å². The minimum atomic E-state index is 0.0284. The first-order valence-electron chi connectivity index (χ1n) is 5.60. The zero-order chi connectivity index (χ0) is 13.4. The van der Waals surface area contributed by atoms with Crippen LogP contribution in [0, 0.1) is 0 Å². The minimum absolute atomic E-state index is 0.0284. The van der Waals surface area contributed by atoms with E-state index in [1.807, 2.05) is 18.2 Å². The van der Waals surface area contributed by atoms with Crippen LogP contribution in [0.5, 0.6) is 0 Å². The molecule has 0 fully saturated rings. The number of hydrogen-bond acceptors (Lipinski definition) is 2. The average Bonchev–Trinajstić information content (AvgIpc) is 2.33.